The maximum Gasteiger partial charge on any atom is 0.407 e. The number of carbonyl (C=O) groups is 2. The van der Waals surface area contributed by atoms with Gasteiger partial charge in [0.05, 0.1) is 23.8 Å². The summed E-state index contributed by atoms with van der Waals surface area (Å²) in [4.78, 5) is 38.2. The molecule has 3 heterocycles. The average molecular weight is 790 g/mol. The number of piperidine rings is 1. The number of aromatic nitrogens is 3. The smallest absolute Gasteiger partial charge is 0.407 e. The van der Waals surface area contributed by atoms with E-state index in [1.54, 1.807) is 6.07 Å². The van der Waals surface area contributed by atoms with E-state index in [-0.39, 0.29) is 36.2 Å². The van der Waals surface area contributed by atoms with Crippen molar-refractivity contribution in [3.05, 3.63) is 99.4 Å². The van der Waals surface area contributed by atoms with Crippen molar-refractivity contribution in [2.24, 2.45) is 0 Å². The second kappa shape index (κ2) is 16.0. The Morgan fingerprint density at radius 2 is 1.61 bits per heavy atom. The van der Waals surface area contributed by atoms with Crippen molar-refractivity contribution in [3.8, 4) is 22.5 Å². The van der Waals surface area contributed by atoms with E-state index in [0.717, 1.165) is 90.6 Å². The number of hydrogen-bond acceptors (Lipinski definition) is 5. The number of H-pyrrole nitrogens is 1. The third kappa shape index (κ3) is 8.30. The van der Waals surface area contributed by atoms with Crippen LogP contribution in [0.5, 0.6) is 0 Å². The molecule has 1 aliphatic heterocycles. The number of rotatable bonds is 8. The van der Waals surface area contributed by atoms with Gasteiger partial charge in [-0.05, 0) is 83.2 Å². The molecule has 3 N–H and O–H groups in total. The van der Waals surface area contributed by atoms with Crippen LogP contribution in [0.4, 0.5) is 4.79 Å². The summed E-state index contributed by atoms with van der Waals surface area (Å²) in [6.45, 7) is 9.34. The molecule has 1 saturated carbocycles. The lowest BCUT2D eigenvalue weighted by atomic mass is 9.87. The highest BCUT2D eigenvalue weighted by Gasteiger charge is 2.36. The molecular weight excluding hydrogens is 743 g/mol. The van der Waals surface area contributed by atoms with Crippen molar-refractivity contribution >= 4 is 57.7 Å². The van der Waals surface area contributed by atoms with Crippen molar-refractivity contribution < 1.29 is 14.3 Å². The molecule has 2 aliphatic rings. The molecule has 0 radical (unpaired) electrons. The predicted octanol–water partition coefficient (Wildman–Crippen LogP) is 10.3. The summed E-state index contributed by atoms with van der Waals surface area (Å²) in [5, 5.41) is 9.07. The molecule has 2 amide bonds. The first-order valence-corrected chi connectivity index (χ1v) is 19.9. The van der Waals surface area contributed by atoms with Crippen LogP contribution in [0, 0.1) is 0 Å². The van der Waals surface area contributed by atoms with E-state index < -0.39 is 5.60 Å². The molecule has 2 fully saturated rings. The number of hydrogen-bond donors (Lipinski definition) is 3. The average Bonchev–Trinajstić information content (AvgIpc) is 3.73. The summed E-state index contributed by atoms with van der Waals surface area (Å²) in [5.74, 6) is -0.181. The van der Waals surface area contributed by atoms with E-state index >= 15 is 0 Å². The van der Waals surface area contributed by atoms with Gasteiger partial charge in [-0.3, -0.25) is 9.69 Å². The molecule has 0 bridgehead atoms. The first-order valence-electron chi connectivity index (χ1n) is 18.8. The van der Waals surface area contributed by atoms with Crippen LogP contribution >= 0.6 is 34.8 Å². The van der Waals surface area contributed by atoms with Gasteiger partial charge >= 0.3 is 6.09 Å². The van der Waals surface area contributed by atoms with Gasteiger partial charge in [0.25, 0.3) is 5.91 Å². The number of aromatic amines is 1. The van der Waals surface area contributed by atoms with Gasteiger partial charge in [0.15, 0.2) is 0 Å². The Morgan fingerprint density at radius 3 is 2.33 bits per heavy atom. The standard InChI is InChI=1S/C42H47Cl3N6O3/c1-25(30-16-14-27(43)22-32(30)45)51-24-46-37(26-10-6-5-7-11-26)39(51)36-31-17-15-28(44)23-34(31)48-38(36)40(52)49-33-12-8-9-13-35(33)50-20-18-29(19-21-50)47-41(53)54-42(2,3)4/h5-7,10-11,14-17,22-25,29,33,35,48H,8-9,12-13,18-21H2,1-4H3,(H,47,53)(H,49,52)/t25-,33-,35-/m0/s1. The lowest BCUT2D eigenvalue weighted by Gasteiger charge is -2.43. The monoisotopic (exact) mass is 788 g/mol. The quantitative estimate of drug-likeness (QED) is 0.145. The van der Waals surface area contributed by atoms with Crippen LogP contribution in [-0.4, -0.2) is 68.3 Å². The summed E-state index contributed by atoms with van der Waals surface area (Å²) in [6.07, 6.45) is 7.12. The van der Waals surface area contributed by atoms with Gasteiger partial charge in [0.1, 0.15) is 11.3 Å². The number of nitrogens with zero attached hydrogens (tertiary/aromatic N) is 3. The van der Waals surface area contributed by atoms with Crippen LogP contribution in [0.15, 0.2) is 73.1 Å². The number of ether oxygens (including phenoxy) is 1. The van der Waals surface area contributed by atoms with E-state index in [4.69, 9.17) is 44.5 Å². The molecule has 0 unspecified atom stereocenters. The fraction of sp³-hybridized carbons (Fsp3) is 0.405. The van der Waals surface area contributed by atoms with Crippen molar-refractivity contribution in [2.75, 3.05) is 13.1 Å². The lowest BCUT2D eigenvalue weighted by molar-refractivity contribution is 0.0439. The summed E-state index contributed by atoms with van der Waals surface area (Å²) in [5.41, 5.74) is 4.75. The van der Waals surface area contributed by atoms with Crippen molar-refractivity contribution in [3.63, 3.8) is 0 Å². The summed E-state index contributed by atoms with van der Waals surface area (Å²) < 4.78 is 7.59. The number of imidazole rings is 1. The number of likely N-dealkylation sites (tertiary alicyclic amines) is 1. The van der Waals surface area contributed by atoms with Crippen LogP contribution in [-0.2, 0) is 4.74 Å². The molecular formula is C42H47Cl3N6O3. The predicted molar refractivity (Wildman–Crippen MR) is 218 cm³/mol. The maximum atomic E-state index is 14.8. The minimum Gasteiger partial charge on any atom is -0.444 e. The Bertz CT molecular complexity index is 2130. The highest BCUT2D eigenvalue weighted by atomic mass is 35.5. The Labute approximate surface area is 331 Å². The molecule has 12 heteroatoms. The fourth-order valence-electron chi connectivity index (χ4n) is 8.09. The normalized spacial score (nSPS) is 19.1. The Balaban J connectivity index is 1.22. The van der Waals surface area contributed by atoms with Gasteiger partial charge in [-0.25, -0.2) is 9.78 Å². The summed E-state index contributed by atoms with van der Waals surface area (Å²) in [7, 11) is 0. The number of alkyl carbamates (subject to hydrolysis) is 1. The van der Waals surface area contributed by atoms with Gasteiger partial charge in [-0.2, -0.15) is 0 Å². The van der Waals surface area contributed by atoms with Crippen LogP contribution < -0.4 is 10.6 Å². The molecule has 284 valence electrons. The molecule has 3 aromatic carbocycles. The van der Waals surface area contributed by atoms with Crippen LogP contribution in [0.25, 0.3) is 33.4 Å². The minimum atomic E-state index is -0.541. The number of carbonyl (C=O) groups excluding carboxylic acids is 2. The molecule has 5 aromatic rings. The summed E-state index contributed by atoms with van der Waals surface area (Å²) >= 11 is 19.6. The van der Waals surface area contributed by atoms with Crippen molar-refractivity contribution in [1.29, 1.82) is 0 Å². The van der Waals surface area contributed by atoms with E-state index in [2.05, 4.69) is 32.0 Å². The van der Waals surface area contributed by atoms with Crippen molar-refractivity contribution in [2.45, 2.75) is 96.0 Å². The first-order chi connectivity index (χ1) is 25.9. The molecule has 1 aliphatic carbocycles. The largest absolute Gasteiger partial charge is 0.444 e. The van der Waals surface area contributed by atoms with Gasteiger partial charge < -0.3 is 24.9 Å². The number of amides is 2. The minimum absolute atomic E-state index is 0.0465. The van der Waals surface area contributed by atoms with Crippen molar-refractivity contribution in [1.82, 2.24) is 30.1 Å². The number of benzene rings is 3. The number of halogens is 3. The van der Waals surface area contributed by atoms with Gasteiger partial charge in [0.2, 0.25) is 0 Å². The second-order valence-electron chi connectivity index (χ2n) is 15.5. The van der Waals surface area contributed by atoms with E-state index in [0.29, 0.717) is 20.8 Å². The Morgan fingerprint density at radius 1 is 0.907 bits per heavy atom. The zero-order valence-corrected chi connectivity index (χ0v) is 33.4. The van der Waals surface area contributed by atoms with E-state index in [9.17, 15) is 9.59 Å². The second-order valence-corrected chi connectivity index (χ2v) is 16.8. The van der Waals surface area contributed by atoms with E-state index in [1.165, 1.54) is 0 Å². The molecule has 9 nitrogen and oxygen atoms in total. The lowest BCUT2D eigenvalue weighted by Crippen LogP contribution is -2.56. The third-order valence-corrected chi connectivity index (χ3v) is 11.5. The SMILES string of the molecule is C[C@@H](c1ccc(Cl)cc1Cl)n1cnc(-c2ccccc2)c1-c1c(C(=O)N[C@H]2CCCC[C@@H]2N2CCC(NC(=O)OC(C)(C)C)CC2)[nH]c2cc(Cl)ccc12. The topological polar surface area (TPSA) is 104 Å². The molecule has 7 rings (SSSR count). The number of nitrogens with one attached hydrogen (secondary N) is 3. The Kier molecular flexibility index (Phi) is 11.3. The third-order valence-electron chi connectivity index (χ3n) is 10.7. The molecule has 1 saturated heterocycles. The zero-order valence-electron chi connectivity index (χ0n) is 31.1. The summed E-state index contributed by atoms with van der Waals surface area (Å²) in [6, 6.07) is 21.1. The maximum absolute atomic E-state index is 14.8. The van der Waals surface area contributed by atoms with E-state index in [1.807, 2.05) is 87.8 Å². The van der Waals surface area contributed by atoms with Gasteiger partial charge in [0, 0.05) is 68.3 Å². The van der Waals surface area contributed by atoms with Crippen LogP contribution in [0.2, 0.25) is 15.1 Å². The highest BCUT2D eigenvalue weighted by molar-refractivity contribution is 6.35. The van der Waals surface area contributed by atoms with Crippen LogP contribution in [0.1, 0.15) is 88.3 Å². The molecule has 0 spiro atoms. The van der Waals surface area contributed by atoms with Gasteiger partial charge in [-0.1, -0.05) is 90.1 Å². The molecule has 54 heavy (non-hydrogen) atoms. The fourth-order valence-corrected chi connectivity index (χ4v) is 8.83. The molecule has 2 aromatic heterocycles. The first kappa shape index (κ1) is 38.3. The number of fused-ring (bicyclic) bond motifs is 1. The Hall–Kier alpha value is -4.02. The van der Waals surface area contributed by atoms with Gasteiger partial charge in [-0.15, -0.1) is 0 Å². The highest BCUT2D eigenvalue weighted by Crippen LogP contribution is 2.42. The van der Waals surface area contributed by atoms with Crippen LogP contribution in [0.3, 0.4) is 0 Å². The zero-order chi connectivity index (χ0) is 38.1. The molecule has 3 atom stereocenters.